The van der Waals surface area contributed by atoms with E-state index in [0.717, 1.165) is 17.1 Å². The van der Waals surface area contributed by atoms with E-state index < -0.39 is 0 Å². The lowest BCUT2D eigenvalue weighted by molar-refractivity contribution is -0.128. The number of carbonyl (C=O) groups excluding carboxylic acids is 1. The fourth-order valence-electron chi connectivity index (χ4n) is 2.28. The number of carbonyl (C=O) groups is 1. The van der Waals surface area contributed by atoms with E-state index in [4.69, 9.17) is 21.1 Å². The molecule has 0 N–H and O–H groups in total. The highest BCUT2D eigenvalue weighted by Crippen LogP contribution is 2.31. The number of nitrogens with zero attached hydrogens (tertiary/aromatic N) is 1. The van der Waals surface area contributed by atoms with Crippen LogP contribution in [0.5, 0.6) is 11.5 Å². The largest absolute Gasteiger partial charge is 0.486 e. The number of amides is 1. The molecule has 0 aliphatic carbocycles. The minimum absolute atomic E-state index is 0.0605. The molecule has 1 saturated heterocycles. The third-order valence-electron chi connectivity index (χ3n) is 3.15. The zero-order chi connectivity index (χ0) is 12.5. The molecule has 1 amide bonds. The van der Waals surface area contributed by atoms with Crippen molar-refractivity contribution in [3.05, 3.63) is 23.8 Å². The van der Waals surface area contributed by atoms with Gasteiger partial charge in [-0.3, -0.25) is 4.79 Å². The number of likely N-dealkylation sites (tertiary alicyclic amines) is 1. The summed E-state index contributed by atoms with van der Waals surface area (Å²) < 4.78 is 11.0. The first kappa shape index (κ1) is 11.7. The van der Waals surface area contributed by atoms with Crippen molar-refractivity contribution in [2.24, 2.45) is 0 Å². The monoisotopic (exact) mass is 267 g/mol. The van der Waals surface area contributed by atoms with E-state index in [-0.39, 0.29) is 11.3 Å². The Morgan fingerprint density at radius 3 is 2.78 bits per heavy atom. The van der Waals surface area contributed by atoms with Crippen LogP contribution in [0.25, 0.3) is 0 Å². The summed E-state index contributed by atoms with van der Waals surface area (Å²) in [5.41, 5.74) is 1.04. The highest BCUT2D eigenvalue weighted by molar-refractivity contribution is 6.22. The summed E-state index contributed by atoms with van der Waals surface area (Å²) in [6.45, 7) is 2.36. The second-order valence-electron chi connectivity index (χ2n) is 4.55. The summed E-state index contributed by atoms with van der Waals surface area (Å²) in [4.78, 5) is 13.4. The Kier molecular flexibility index (Phi) is 3.04. The van der Waals surface area contributed by atoms with Gasteiger partial charge in [-0.2, -0.15) is 0 Å². The van der Waals surface area contributed by atoms with Gasteiger partial charge in [0.2, 0.25) is 5.91 Å². The zero-order valence-electron chi connectivity index (χ0n) is 9.89. The van der Waals surface area contributed by atoms with Crippen LogP contribution in [0, 0.1) is 0 Å². The average Bonchev–Trinajstić information content (AvgIpc) is 2.68. The van der Waals surface area contributed by atoms with Gasteiger partial charge in [0, 0.05) is 19.5 Å². The molecular formula is C13H14ClNO3. The van der Waals surface area contributed by atoms with Crippen molar-refractivity contribution in [1.29, 1.82) is 0 Å². The standard InChI is InChI=1S/C13H14ClNO3/c14-10-6-13(16)15(8-10)7-9-1-2-11-12(5-9)18-4-3-17-11/h1-2,5,10H,3-4,6-8H2. The summed E-state index contributed by atoms with van der Waals surface area (Å²) in [5.74, 6) is 1.64. The lowest BCUT2D eigenvalue weighted by atomic mass is 10.2. The first-order chi connectivity index (χ1) is 8.72. The molecule has 1 fully saturated rings. The number of alkyl halides is 1. The highest BCUT2D eigenvalue weighted by Gasteiger charge is 2.28. The van der Waals surface area contributed by atoms with Crippen LogP contribution in [-0.4, -0.2) is 35.9 Å². The predicted octanol–water partition coefficient (Wildman–Crippen LogP) is 1.80. The quantitative estimate of drug-likeness (QED) is 0.767. The van der Waals surface area contributed by atoms with Crippen LogP contribution in [0.3, 0.4) is 0 Å². The van der Waals surface area contributed by atoms with E-state index in [0.29, 0.717) is 32.7 Å². The number of rotatable bonds is 2. The van der Waals surface area contributed by atoms with E-state index in [1.807, 2.05) is 18.2 Å². The molecule has 3 rings (SSSR count). The molecule has 0 bridgehead atoms. The van der Waals surface area contributed by atoms with Crippen molar-refractivity contribution < 1.29 is 14.3 Å². The predicted molar refractivity (Wildman–Crippen MR) is 67.1 cm³/mol. The summed E-state index contributed by atoms with van der Waals surface area (Å²) in [6.07, 6.45) is 0.437. The second-order valence-corrected chi connectivity index (χ2v) is 5.17. The van der Waals surface area contributed by atoms with Crippen LogP contribution in [0.1, 0.15) is 12.0 Å². The molecule has 96 valence electrons. The first-order valence-electron chi connectivity index (χ1n) is 6.03. The Balaban J connectivity index is 1.75. The van der Waals surface area contributed by atoms with Gasteiger partial charge in [-0.05, 0) is 17.7 Å². The Labute approximate surface area is 110 Å². The number of ether oxygens (including phenoxy) is 2. The van der Waals surface area contributed by atoms with Gasteiger partial charge in [0.05, 0.1) is 5.38 Å². The zero-order valence-corrected chi connectivity index (χ0v) is 10.7. The molecule has 1 aromatic carbocycles. The normalized spacial score (nSPS) is 22.4. The van der Waals surface area contributed by atoms with Gasteiger partial charge in [0.15, 0.2) is 11.5 Å². The van der Waals surface area contributed by atoms with Crippen molar-refractivity contribution in [3.8, 4) is 11.5 Å². The van der Waals surface area contributed by atoms with E-state index in [2.05, 4.69) is 0 Å². The topological polar surface area (TPSA) is 38.8 Å². The molecule has 4 nitrogen and oxygen atoms in total. The third-order valence-corrected chi connectivity index (χ3v) is 3.44. The fourth-order valence-corrected chi connectivity index (χ4v) is 2.58. The molecule has 1 aromatic rings. The fraction of sp³-hybridized carbons (Fsp3) is 0.462. The molecule has 2 aliphatic heterocycles. The molecule has 1 atom stereocenters. The van der Waals surface area contributed by atoms with Crippen LogP contribution in [-0.2, 0) is 11.3 Å². The molecule has 18 heavy (non-hydrogen) atoms. The maximum Gasteiger partial charge on any atom is 0.224 e. The van der Waals surface area contributed by atoms with Gasteiger partial charge in [-0.25, -0.2) is 0 Å². The van der Waals surface area contributed by atoms with Crippen LogP contribution in [0.2, 0.25) is 0 Å². The van der Waals surface area contributed by atoms with Crippen LogP contribution in [0.4, 0.5) is 0 Å². The number of hydrogen-bond donors (Lipinski definition) is 0. The minimum Gasteiger partial charge on any atom is -0.486 e. The maximum absolute atomic E-state index is 11.7. The van der Waals surface area contributed by atoms with Crippen molar-refractivity contribution in [2.45, 2.75) is 18.3 Å². The summed E-state index contributed by atoms with van der Waals surface area (Å²) in [6, 6.07) is 5.79. The highest BCUT2D eigenvalue weighted by atomic mass is 35.5. The van der Waals surface area contributed by atoms with Crippen molar-refractivity contribution in [1.82, 2.24) is 4.90 Å². The SMILES string of the molecule is O=C1CC(Cl)CN1Cc1ccc2c(c1)OCCO2. The molecule has 2 aliphatic rings. The summed E-state index contributed by atoms with van der Waals surface area (Å²) in [7, 11) is 0. The van der Waals surface area contributed by atoms with Crippen molar-refractivity contribution in [2.75, 3.05) is 19.8 Å². The van der Waals surface area contributed by atoms with Gasteiger partial charge < -0.3 is 14.4 Å². The first-order valence-corrected chi connectivity index (χ1v) is 6.46. The number of hydrogen-bond acceptors (Lipinski definition) is 3. The Morgan fingerprint density at radius 2 is 2.06 bits per heavy atom. The molecule has 1 unspecified atom stereocenters. The van der Waals surface area contributed by atoms with Gasteiger partial charge >= 0.3 is 0 Å². The van der Waals surface area contributed by atoms with Gasteiger partial charge in [-0.1, -0.05) is 6.07 Å². The van der Waals surface area contributed by atoms with E-state index in [9.17, 15) is 4.79 Å². The Bertz CT molecular complexity index is 477. The van der Waals surface area contributed by atoms with E-state index in [1.54, 1.807) is 4.90 Å². The van der Waals surface area contributed by atoms with Crippen molar-refractivity contribution >= 4 is 17.5 Å². The van der Waals surface area contributed by atoms with Crippen LogP contribution >= 0.6 is 11.6 Å². The average molecular weight is 268 g/mol. The van der Waals surface area contributed by atoms with Gasteiger partial charge in [0.25, 0.3) is 0 Å². The van der Waals surface area contributed by atoms with Crippen molar-refractivity contribution in [3.63, 3.8) is 0 Å². The second kappa shape index (κ2) is 4.69. The third kappa shape index (κ3) is 2.25. The smallest absolute Gasteiger partial charge is 0.224 e. The minimum atomic E-state index is -0.0605. The summed E-state index contributed by atoms with van der Waals surface area (Å²) in [5, 5.41) is -0.0605. The molecule has 0 aromatic heterocycles. The molecule has 0 saturated carbocycles. The maximum atomic E-state index is 11.7. The van der Waals surface area contributed by atoms with E-state index >= 15 is 0 Å². The Hall–Kier alpha value is -1.42. The lowest BCUT2D eigenvalue weighted by Crippen LogP contribution is -2.24. The molecule has 5 heteroatoms. The van der Waals surface area contributed by atoms with Gasteiger partial charge in [-0.15, -0.1) is 11.6 Å². The molecule has 0 spiro atoms. The van der Waals surface area contributed by atoms with Crippen LogP contribution < -0.4 is 9.47 Å². The number of fused-ring (bicyclic) bond motifs is 1. The lowest BCUT2D eigenvalue weighted by Gasteiger charge is -2.20. The van der Waals surface area contributed by atoms with Gasteiger partial charge in [0.1, 0.15) is 13.2 Å². The number of benzene rings is 1. The molecular weight excluding hydrogens is 254 g/mol. The molecule has 2 heterocycles. The number of halogens is 1. The molecule has 0 radical (unpaired) electrons. The van der Waals surface area contributed by atoms with Crippen LogP contribution in [0.15, 0.2) is 18.2 Å². The summed E-state index contributed by atoms with van der Waals surface area (Å²) >= 11 is 5.98. The Morgan fingerprint density at radius 1 is 1.28 bits per heavy atom. The van der Waals surface area contributed by atoms with E-state index in [1.165, 1.54) is 0 Å².